The van der Waals surface area contributed by atoms with Crippen LogP contribution in [0.15, 0.2) is 63.1 Å². The lowest BCUT2D eigenvalue weighted by Crippen LogP contribution is -2.18. The third-order valence-electron chi connectivity index (χ3n) is 10.7. The largest absolute Gasteiger partial charge is 0.481 e. The maximum absolute atomic E-state index is 12.6. The Hall–Kier alpha value is -7.11. The van der Waals surface area contributed by atoms with Crippen molar-refractivity contribution in [3.8, 4) is 12.0 Å². The number of H-pyrrole nitrogens is 2. The number of fused-ring (bicyclic) bond motifs is 2. The van der Waals surface area contributed by atoms with Crippen molar-refractivity contribution < 1.29 is 58.4 Å². The number of aryl methyl sites for hydroxylation is 1. The molecule has 0 atom stereocenters. The van der Waals surface area contributed by atoms with Crippen LogP contribution in [-0.4, -0.2) is 167 Å². The molecule has 0 unspecified atom stereocenters. The summed E-state index contributed by atoms with van der Waals surface area (Å²) in [5, 5.41) is 36.9. The Morgan fingerprint density at radius 1 is 0.590 bits per heavy atom. The minimum Gasteiger partial charge on any atom is -0.481 e. The van der Waals surface area contributed by atoms with Crippen molar-refractivity contribution in [2.75, 3.05) is 97.3 Å². The Balaban J connectivity index is 0.000000289. The van der Waals surface area contributed by atoms with Crippen LogP contribution in [0.25, 0.3) is 22.3 Å². The lowest BCUT2D eigenvalue weighted by atomic mass is 10.0. The number of benzene rings is 2. The molecule has 0 aliphatic heterocycles. The van der Waals surface area contributed by atoms with Gasteiger partial charge in [0, 0.05) is 39.2 Å². The first-order valence-corrected chi connectivity index (χ1v) is 25.7. The zero-order chi connectivity index (χ0) is 56.5. The number of isothiocyanates is 1. The number of nitrogens with two attached hydrogens (primary N) is 3. The molecule has 0 spiro atoms. The number of aromatic nitrogens is 8. The van der Waals surface area contributed by atoms with Crippen LogP contribution >= 0.6 is 24.4 Å². The molecule has 26 nitrogen and oxygen atoms in total. The molecule has 0 saturated heterocycles. The number of nitrogen functional groups attached to an aromatic ring is 2. The molecule has 6 rings (SSSR count). The number of aliphatic imine (C=N–C) groups is 1. The van der Waals surface area contributed by atoms with Crippen LogP contribution in [0.4, 0.5) is 11.6 Å². The summed E-state index contributed by atoms with van der Waals surface area (Å²) < 4.78 is 34.4. The average molecular weight is 1130 g/mol. The fourth-order valence-corrected chi connectivity index (χ4v) is 7.13. The number of hydrogen-bond donors (Lipinski definition) is 9. The van der Waals surface area contributed by atoms with Gasteiger partial charge in [-0.25, -0.2) is 14.6 Å². The molecular formula is C50H68N12O14S2. The third kappa shape index (κ3) is 23.2. The van der Waals surface area contributed by atoms with Crippen molar-refractivity contribution in [2.45, 2.75) is 71.0 Å². The van der Waals surface area contributed by atoms with Gasteiger partial charge in [-0.05, 0) is 65.0 Å². The topological polar surface area (TPSA) is 388 Å². The van der Waals surface area contributed by atoms with E-state index in [0.717, 1.165) is 52.8 Å². The Bertz CT molecular complexity index is 2950. The van der Waals surface area contributed by atoms with E-state index in [-0.39, 0.29) is 87.5 Å². The Morgan fingerprint density at radius 3 is 1.46 bits per heavy atom. The van der Waals surface area contributed by atoms with Gasteiger partial charge in [0.25, 0.3) is 0 Å². The summed E-state index contributed by atoms with van der Waals surface area (Å²) in [6.07, 6.45) is 4.16. The molecule has 6 aromatic rings. The van der Waals surface area contributed by atoms with Crippen molar-refractivity contribution in [1.82, 2.24) is 39.0 Å². The van der Waals surface area contributed by atoms with Crippen LogP contribution in [0, 0.1) is 0 Å². The van der Waals surface area contributed by atoms with Crippen molar-refractivity contribution in [2.24, 2.45) is 10.7 Å². The summed E-state index contributed by atoms with van der Waals surface area (Å²) >= 11 is 10.1. The summed E-state index contributed by atoms with van der Waals surface area (Å²) in [6.45, 7) is 5.28. The molecule has 78 heavy (non-hydrogen) atoms. The predicted octanol–water partition coefficient (Wildman–Crippen LogP) is 2.67. The molecule has 4 heterocycles. The first-order chi connectivity index (χ1) is 37.8. The second-order valence-corrected chi connectivity index (χ2v) is 17.5. The van der Waals surface area contributed by atoms with Crippen LogP contribution < -0.4 is 38.1 Å². The summed E-state index contributed by atoms with van der Waals surface area (Å²) in [5.74, 6) is -1.48. The van der Waals surface area contributed by atoms with Gasteiger partial charge in [-0.3, -0.25) is 18.7 Å². The van der Waals surface area contributed by atoms with Crippen molar-refractivity contribution in [3.05, 3.63) is 91.8 Å². The molecule has 0 fully saturated rings. The number of aromatic amines is 2. The van der Waals surface area contributed by atoms with Gasteiger partial charge < -0.3 is 76.0 Å². The minimum absolute atomic E-state index is 0.00162. The Kier molecular flexibility index (Phi) is 29.3. The lowest BCUT2D eigenvalue weighted by molar-refractivity contribution is -0.139. The second-order valence-electron chi connectivity index (χ2n) is 16.8. The van der Waals surface area contributed by atoms with Gasteiger partial charge in [-0.2, -0.15) is 19.9 Å². The number of rotatable bonds is 35. The van der Waals surface area contributed by atoms with Crippen LogP contribution in [0.1, 0.15) is 67.2 Å². The number of carbonyl (C=O) groups is 2. The second kappa shape index (κ2) is 36.1. The number of aliphatic carboxylic acids is 2. The number of nitrogens with zero attached hydrogens (tertiary/aromatic N) is 7. The van der Waals surface area contributed by atoms with E-state index >= 15 is 0 Å². The molecule has 0 aliphatic rings. The summed E-state index contributed by atoms with van der Waals surface area (Å²) in [7, 11) is 0. The monoisotopic (exact) mass is 1120 g/mol. The number of imidazole rings is 2. The number of aliphatic hydroxyl groups excluding tert-OH is 2. The number of aliphatic hydroxyl groups is 2. The zero-order valence-corrected chi connectivity index (χ0v) is 44.8. The van der Waals surface area contributed by atoms with Crippen molar-refractivity contribution in [1.29, 1.82) is 0 Å². The molecular weight excluding hydrogens is 1060 g/mol. The SMILES string of the molecule is NCCOCCOCCC(=O)O.Nc1nc(OCCCO)nc2c1[nH]c(=O)n2Cc1ccc(CCC(=S)CCCOCCOCCC(=O)O)cc1.Nc1nc(OCCCO)nc2c1[nH]c(=O)n2Cc1ccc(CN=C=S)cc1. The van der Waals surface area contributed by atoms with E-state index in [0.29, 0.717) is 101 Å². The molecule has 0 radical (unpaired) electrons. The van der Waals surface area contributed by atoms with E-state index in [1.165, 1.54) is 9.13 Å². The molecule has 4 aromatic heterocycles. The molecule has 28 heteroatoms. The molecule has 0 aliphatic carbocycles. The number of thiocarbonyl (C=S) groups is 2. The van der Waals surface area contributed by atoms with Gasteiger partial charge in [-0.1, -0.05) is 60.7 Å². The molecule has 0 bridgehead atoms. The van der Waals surface area contributed by atoms with E-state index in [2.05, 4.69) is 52.3 Å². The molecule has 2 aromatic carbocycles. The lowest BCUT2D eigenvalue weighted by Gasteiger charge is -2.08. The summed E-state index contributed by atoms with van der Waals surface area (Å²) in [6, 6.07) is 15.8. The first-order valence-electron chi connectivity index (χ1n) is 24.9. The van der Waals surface area contributed by atoms with Crippen molar-refractivity contribution >= 4 is 80.4 Å². The van der Waals surface area contributed by atoms with E-state index in [1.807, 2.05) is 48.5 Å². The highest BCUT2D eigenvalue weighted by Gasteiger charge is 2.17. The standard InChI is InChI=1S/C26H35N5O7S.C17H18N6O3S.C7H15NO4/c27-23-22-24(30-25(29-23)38-13-2-11-32)31(26(35)28-22)17-19-6-4-18(5-7-19)8-9-20(39)3-1-12-36-15-16-37-14-10-21(33)34;18-14-13-15(22-16(21-14)26-7-1-6-24)23(17(25)20-13)9-12-4-2-11(3-5-12)8-19-10-27;8-2-4-12-6-5-11-3-1-7(9)10/h4-7,32H,1-3,8-17H2,(H,28,35)(H,33,34)(H2,27,29,30);2-5,24H,1,6-9H2,(H,20,25)(H2,18,21,22);1-6,8H2,(H,9,10). The molecule has 0 amide bonds. The fraction of sp³-hybridized carbons (Fsp3) is 0.480. The number of carboxylic acids is 2. The zero-order valence-electron chi connectivity index (χ0n) is 43.1. The fourth-order valence-electron chi connectivity index (χ4n) is 6.82. The van der Waals surface area contributed by atoms with Gasteiger partial charge in [0.05, 0.1) is 97.1 Å². The molecule has 0 saturated carbocycles. The third-order valence-corrected chi connectivity index (χ3v) is 11.3. The van der Waals surface area contributed by atoms with E-state index < -0.39 is 11.9 Å². The van der Waals surface area contributed by atoms with Crippen LogP contribution in [0.5, 0.6) is 12.0 Å². The number of anilines is 2. The van der Waals surface area contributed by atoms with Gasteiger partial charge in [-0.15, -0.1) is 0 Å². The normalized spacial score (nSPS) is 10.9. The quantitative estimate of drug-likeness (QED) is 0.0157. The number of nitrogens with one attached hydrogen (secondary N) is 2. The van der Waals surface area contributed by atoms with Crippen LogP contribution in [-0.2, 0) is 54.6 Å². The van der Waals surface area contributed by atoms with Gasteiger partial charge in [0.15, 0.2) is 22.9 Å². The summed E-state index contributed by atoms with van der Waals surface area (Å²) in [5.41, 5.74) is 21.8. The number of carboxylic acid groups (broad SMARTS) is 2. The maximum Gasteiger partial charge on any atom is 0.328 e. The van der Waals surface area contributed by atoms with Crippen molar-refractivity contribution in [3.63, 3.8) is 0 Å². The molecule has 12 N–H and O–H groups in total. The Labute approximate surface area is 458 Å². The van der Waals surface area contributed by atoms with E-state index in [1.54, 1.807) is 0 Å². The molecule has 424 valence electrons. The predicted molar refractivity (Wildman–Crippen MR) is 296 cm³/mol. The smallest absolute Gasteiger partial charge is 0.328 e. The minimum atomic E-state index is -0.874. The maximum atomic E-state index is 12.6. The van der Waals surface area contributed by atoms with Gasteiger partial charge >= 0.3 is 35.3 Å². The highest BCUT2D eigenvalue weighted by molar-refractivity contribution is 7.80. The van der Waals surface area contributed by atoms with E-state index in [9.17, 15) is 19.2 Å². The number of hydrogen-bond acceptors (Lipinski definition) is 22. The average Bonchev–Trinajstić information content (AvgIpc) is 4.08. The highest BCUT2D eigenvalue weighted by Crippen LogP contribution is 2.21. The Morgan fingerprint density at radius 2 is 1.03 bits per heavy atom. The highest BCUT2D eigenvalue weighted by atomic mass is 32.1. The van der Waals surface area contributed by atoms with E-state index in [4.69, 9.17) is 78.3 Å². The van der Waals surface area contributed by atoms with Gasteiger partial charge in [0.1, 0.15) is 11.0 Å². The van der Waals surface area contributed by atoms with Crippen LogP contribution in [0.2, 0.25) is 0 Å². The first kappa shape index (κ1) is 63.4. The summed E-state index contributed by atoms with van der Waals surface area (Å²) in [4.78, 5) is 72.3. The number of ether oxygens (including phenoxy) is 6. The van der Waals surface area contributed by atoms with Gasteiger partial charge in [0.2, 0.25) is 0 Å². The van der Waals surface area contributed by atoms with Crippen LogP contribution in [0.3, 0.4) is 0 Å².